The number of fused-ring (bicyclic) bond motifs is 3. The molecule has 182 valence electrons. The number of aliphatic hydroxyl groups is 1. The van der Waals surface area contributed by atoms with E-state index in [1.807, 2.05) is 13.0 Å². The lowest BCUT2D eigenvalue weighted by Gasteiger charge is -2.50. The maximum Gasteiger partial charge on any atom is 0.364 e. The largest absolute Gasteiger partial charge is 0.390 e. The molecule has 2 unspecified atom stereocenters. The van der Waals surface area contributed by atoms with Gasteiger partial charge in [-0.05, 0) is 105 Å². The van der Waals surface area contributed by atoms with Crippen LogP contribution in [0.5, 0.6) is 0 Å². The quantitative estimate of drug-likeness (QED) is 0.725. The van der Waals surface area contributed by atoms with Crippen LogP contribution in [0.3, 0.4) is 0 Å². The molecule has 3 fully saturated rings. The van der Waals surface area contributed by atoms with Crippen molar-refractivity contribution in [2.75, 3.05) is 0 Å². The van der Waals surface area contributed by atoms with E-state index in [0.717, 1.165) is 66.1 Å². The van der Waals surface area contributed by atoms with Gasteiger partial charge in [-0.1, -0.05) is 13.3 Å². The lowest BCUT2D eigenvalue weighted by Crippen LogP contribution is -2.45. The highest BCUT2D eigenvalue weighted by Crippen LogP contribution is 2.53. The topological polar surface area (TPSA) is 114 Å². The van der Waals surface area contributed by atoms with Crippen molar-refractivity contribution in [2.45, 2.75) is 103 Å². The van der Waals surface area contributed by atoms with Crippen LogP contribution in [-0.4, -0.2) is 36.3 Å². The van der Waals surface area contributed by atoms with E-state index < -0.39 is 11.3 Å². The first kappa shape index (κ1) is 24.1. The molecule has 0 radical (unpaired) electrons. The number of nitrogens with zero attached hydrogens (tertiary/aromatic N) is 5. The second-order valence-corrected chi connectivity index (χ2v) is 11.3. The van der Waals surface area contributed by atoms with Gasteiger partial charge in [0.25, 0.3) is 0 Å². The molecule has 8 nitrogen and oxygen atoms in total. The summed E-state index contributed by atoms with van der Waals surface area (Å²) < 4.78 is 2.30. The first-order valence-corrected chi connectivity index (χ1v) is 12.9. The summed E-state index contributed by atoms with van der Waals surface area (Å²) >= 11 is 0. The van der Waals surface area contributed by atoms with Gasteiger partial charge in [0, 0.05) is 5.92 Å². The molecular weight excluding hydrogens is 418 g/mol. The van der Waals surface area contributed by atoms with Crippen LogP contribution in [0.15, 0.2) is 4.79 Å². The molecule has 33 heavy (non-hydrogen) atoms. The molecule has 3 aliphatic rings. The number of ketones is 1. The van der Waals surface area contributed by atoms with Crippen LogP contribution < -0.4 is 5.69 Å². The second kappa shape index (κ2) is 10.1. The zero-order chi connectivity index (χ0) is 23.6. The Labute approximate surface area is 196 Å². The Hall–Kier alpha value is -2.01. The third-order valence-corrected chi connectivity index (χ3v) is 8.98. The fourth-order valence-corrected chi connectivity index (χ4v) is 7.21. The van der Waals surface area contributed by atoms with Crippen molar-refractivity contribution in [3.05, 3.63) is 10.5 Å². The fourth-order valence-electron chi connectivity index (χ4n) is 7.21. The molecule has 0 amide bonds. The zero-order valence-electron chi connectivity index (χ0n) is 20.2. The predicted molar refractivity (Wildman–Crippen MR) is 123 cm³/mol. The van der Waals surface area contributed by atoms with Crippen LogP contribution in [-0.2, 0) is 17.9 Å². The predicted octanol–water partition coefficient (Wildman–Crippen LogP) is 3.33. The first-order valence-electron chi connectivity index (χ1n) is 12.9. The number of nitriles is 1. The lowest BCUT2D eigenvalue weighted by atomic mass is 9.56. The van der Waals surface area contributed by atoms with Crippen molar-refractivity contribution in [3.63, 3.8) is 0 Å². The summed E-state index contributed by atoms with van der Waals surface area (Å²) in [5.74, 6) is 3.45. The summed E-state index contributed by atoms with van der Waals surface area (Å²) in [6, 6.07) is 1.99. The van der Waals surface area contributed by atoms with Gasteiger partial charge in [0.05, 0.1) is 24.6 Å². The smallest absolute Gasteiger partial charge is 0.364 e. The minimum Gasteiger partial charge on any atom is -0.390 e. The SMILES string of the molecule is CC1CC[C@H](C(=O)Cn2nnn(CCC#N)c2=O)CCCC2[C@H]1CC[C@@H]1C[C@](C)(O)CC[C@H]21. The average Bonchev–Trinajstić information content (AvgIpc) is 3.15. The average molecular weight is 458 g/mol. The van der Waals surface area contributed by atoms with Crippen molar-refractivity contribution >= 4 is 5.78 Å². The molecule has 8 heteroatoms. The van der Waals surface area contributed by atoms with E-state index in [4.69, 9.17) is 5.26 Å². The van der Waals surface area contributed by atoms with Gasteiger partial charge in [-0.25, -0.2) is 4.79 Å². The van der Waals surface area contributed by atoms with Gasteiger partial charge >= 0.3 is 5.69 Å². The maximum absolute atomic E-state index is 13.1. The van der Waals surface area contributed by atoms with E-state index in [0.29, 0.717) is 17.8 Å². The van der Waals surface area contributed by atoms with E-state index in [1.165, 1.54) is 19.3 Å². The molecule has 4 rings (SSSR count). The van der Waals surface area contributed by atoms with Crippen LogP contribution in [0.4, 0.5) is 0 Å². The van der Waals surface area contributed by atoms with Gasteiger partial charge in [-0.15, -0.1) is 0 Å². The highest BCUT2D eigenvalue weighted by atomic mass is 16.3. The Morgan fingerprint density at radius 3 is 2.67 bits per heavy atom. The zero-order valence-corrected chi connectivity index (χ0v) is 20.2. The Bertz CT molecular complexity index is 929. The highest BCUT2D eigenvalue weighted by Gasteiger charge is 2.46. The van der Waals surface area contributed by atoms with E-state index in [9.17, 15) is 14.7 Å². The molecule has 3 aliphatic carbocycles. The van der Waals surface area contributed by atoms with Crippen LogP contribution in [0.1, 0.15) is 84.5 Å². The van der Waals surface area contributed by atoms with Gasteiger partial charge in [0.15, 0.2) is 5.78 Å². The number of hydrogen-bond donors (Lipinski definition) is 1. The highest BCUT2D eigenvalue weighted by molar-refractivity contribution is 5.80. The van der Waals surface area contributed by atoms with E-state index in [1.54, 1.807) is 0 Å². The summed E-state index contributed by atoms with van der Waals surface area (Å²) in [6.45, 7) is 4.54. The Morgan fingerprint density at radius 1 is 1.09 bits per heavy atom. The molecule has 1 aromatic rings. The second-order valence-electron chi connectivity index (χ2n) is 11.3. The fraction of sp³-hybridized carbons (Fsp3) is 0.880. The summed E-state index contributed by atoms with van der Waals surface area (Å²) in [5.41, 5.74) is -0.912. The molecule has 3 saturated carbocycles. The molecule has 0 bridgehead atoms. The number of aromatic nitrogens is 4. The third-order valence-electron chi connectivity index (χ3n) is 8.98. The van der Waals surface area contributed by atoms with Crippen LogP contribution in [0.25, 0.3) is 0 Å². The maximum atomic E-state index is 13.1. The number of tetrazole rings is 1. The van der Waals surface area contributed by atoms with Gasteiger partial charge in [0.1, 0.15) is 6.54 Å². The van der Waals surface area contributed by atoms with Crippen LogP contribution in [0.2, 0.25) is 0 Å². The van der Waals surface area contributed by atoms with Crippen molar-refractivity contribution in [1.82, 2.24) is 19.8 Å². The Morgan fingerprint density at radius 2 is 1.88 bits per heavy atom. The number of rotatable bonds is 5. The molecule has 0 aromatic carbocycles. The standard InChI is InChI=1S/C25H39N5O3/c1-17-7-8-18(23(31)16-30-24(32)29(27-28-30)14-4-13-26)5-3-6-22-20(17)10-9-19-15-25(2,33)12-11-21(19)22/h17-22,33H,3-12,14-16H2,1-2H3/t17?,18-,19-,20+,21+,22?,25-/m1/s1. The summed E-state index contributed by atoms with van der Waals surface area (Å²) in [4.78, 5) is 25.5. The number of hydrogen-bond acceptors (Lipinski definition) is 6. The van der Waals surface area contributed by atoms with Gasteiger partial charge in [-0.2, -0.15) is 14.6 Å². The van der Waals surface area contributed by atoms with Crippen molar-refractivity contribution in [2.24, 2.45) is 35.5 Å². The molecule has 1 heterocycles. The molecule has 1 N–H and O–H groups in total. The third kappa shape index (κ3) is 5.40. The summed E-state index contributed by atoms with van der Waals surface area (Å²) in [7, 11) is 0. The van der Waals surface area contributed by atoms with E-state index in [2.05, 4.69) is 17.4 Å². The van der Waals surface area contributed by atoms with Crippen molar-refractivity contribution < 1.29 is 9.90 Å². The number of carbonyl (C=O) groups excluding carboxylic acids is 1. The Kier molecular flexibility index (Phi) is 7.37. The van der Waals surface area contributed by atoms with E-state index in [-0.39, 0.29) is 31.2 Å². The van der Waals surface area contributed by atoms with Gasteiger partial charge < -0.3 is 5.11 Å². The van der Waals surface area contributed by atoms with Gasteiger partial charge in [0.2, 0.25) is 0 Å². The summed E-state index contributed by atoms with van der Waals surface area (Å²) in [6.07, 6.45) is 10.7. The molecule has 0 spiro atoms. The number of carbonyl (C=O) groups is 1. The van der Waals surface area contributed by atoms with Gasteiger partial charge in [-0.3, -0.25) is 4.79 Å². The van der Waals surface area contributed by atoms with Crippen LogP contribution in [0, 0.1) is 46.8 Å². The molecule has 7 atom stereocenters. The minimum atomic E-state index is -0.496. The number of aryl methyl sites for hydroxylation is 1. The first-order chi connectivity index (χ1) is 15.8. The molecular formula is C25H39N5O3. The van der Waals surface area contributed by atoms with Crippen molar-refractivity contribution in [1.29, 1.82) is 5.26 Å². The minimum absolute atomic E-state index is 0.0307. The Balaban J connectivity index is 1.40. The lowest BCUT2D eigenvalue weighted by molar-refractivity contribution is -0.124. The normalized spacial score (nSPS) is 37.0. The van der Waals surface area contributed by atoms with Crippen molar-refractivity contribution in [3.8, 4) is 6.07 Å². The monoisotopic (exact) mass is 457 g/mol. The summed E-state index contributed by atoms with van der Waals surface area (Å²) in [5, 5.41) is 27.0. The molecule has 1 aromatic heterocycles. The van der Waals surface area contributed by atoms with Crippen LogP contribution >= 0.6 is 0 Å². The number of Topliss-reactive ketones (excluding diaryl/α,β-unsaturated/α-hetero) is 1. The molecule has 0 saturated heterocycles. The van der Waals surface area contributed by atoms with E-state index >= 15 is 0 Å². The molecule has 0 aliphatic heterocycles.